The lowest BCUT2D eigenvalue weighted by molar-refractivity contribution is 0.338. The molecule has 0 spiro atoms. The quantitative estimate of drug-likeness (QED) is 0.296. The van der Waals surface area contributed by atoms with Crippen molar-refractivity contribution in [3.63, 3.8) is 0 Å². The van der Waals surface area contributed by atoms with Crippen LogP contribution in [0.1, 0.15) is 67.2 Å². The Balaban J connectivity index is 2.34. The lowest BCUT2D eigenvalue weighted by Gasteiger charge is -2.42. The summed E-state index contributed by atoms with van der Waals surface area (Å²) in [6.07, 6.45) is 9.20. The van der Waals surface area contributed by atoms with Gasteiger partial charge >= 0.3 is 0 Å². The maximum atomic E-state index is 6.99. The van der Waals surface area contributed by atoms with Gasteiger partial charge in [0, 0.05) is 0 Å². The molecule has 0 saturated heterocycles. The first-order chi connectivity index (χ1) is 14.3. The summed E-state index contributed by atoms with van der Waals surface area (Å²) in [4.78, 5) is 0. The van der Waals surface area contributed by atoms with Crippen LogP contribution in [0, 0.1) is 0 Å². The van der Waals surface area contributed by atoms with Gasteiger partial charge < -0.3 is 4.43 Å². The van der Waals surface area contributed by atoms with E-state index in [0.717, 1.165) is 25.7 Å². The Morgan fingerprint density at radius 2 is 1.37 bits per heavy atom. The molecule has 0 aliphatic rings. The lowest BCUT2D eigenvalue weighted by Crippen LogP contribution is -2.66. The second-order valence-electron chi connectivity index (χ2n) is 9.13. The minimum atomic E-state index is -2.44. The second-order valence-corrected chi connectivity index (χ2v) is 13.4. The minimum absolute atomic E-state index is 0.0247. The highest BCUT2D eigenvalue weighted by Gasteiger charge is 2.49. The van der Waals surface area contributed by atoms with Gasteiger partial charge in [-0.3, -0.25) is 0 Å². The third-order valence-corrected chi connectivity index (χ3v) is 11.1. The third kappa shape index (κ3) is 6.06. The second kappa shape index (κ2) is 11.5. The van der Waals surface area contributed by atoms with Crippen LogP contribution < -0.4 is 10.4 Å². The molecule has 0 heterocycles. The van der Waals surface area contributed by atoms with Crippen LogP contribution in [-0.4, -0.2) is 14.9 Å². The van der Waals surface area contributed by atoms with Gasteiger partial charge in [0.2, 0.25) is 0 Å². The smallest absolute Gasteiger partial charge is 0.261 e. The van der Waals surface area contributed by atoms with Crippen molar-refractivity contribution in [2.75, 3.05) is 6.61 Å². The Morgan fingerprint density at radius 1 is 0.833 bits per heavy atom. The van der Waals surface area contributed by atoms with Crippen molar-refractivity contribution >= 4 is 18.7 Å². The van der Waals surface area contributed by atoms with Gasteiger partial charge in [-0.2, -0.15) is 0 Å². The molecule has 0 amide bonds. The topological polar surface area (TPSA) is 9.23 Å². The minimum Gasteiger partial charge on any atom is -0.404 e. The molecule has 0 saturated carbocycles. The standard InChI is InChI=1S/C28H40OSi/c1-7-24(3)16-15-17-25(8-2)22-23-29-30(28(4,5)6,26-18-11-9-12-19-26)27-20-13-10-14-21-27/h9-14,16,18-22H,7-8,15,17,23H2,1-6H3/b24-16-,25-22+. The van der Waals surface area contributed by atoms with E-state index in [0.29, 0.717) is 6.61 Å². The molecule has 162 valence electrons. The molecule has 0 aromatic heterocycles. The highest BCUT2D eigenvalue weighted by atomic mass is 28.4. The summed E-state index contributed by atoms with van der Waals surface area (Å²) in [6, 6.07) is 21.8. The summed E-state index contributed by atoms with van der Waals surface area (Å²) in [6.45, 7) is 14.4. The first-order valence-electron chi connectivity index (χ1n) is 11.4. The van der Waals surface area contributed by atoms with Gasteiger partial charge in [-0.05, 0) is 48.0 Å². The van der Waals surface area contributed by atoms with Crippen LogP contribution in [-0.2, 0) is 4.43 Å². The van der Waals surface area contributed by atoms with E-state index < -0.39 is 8.32 Å². The van der Waals surface area contributed by atoms with E-state index in [4.69, 9.17) is 4.43 Å². The van der Waals surface area contributed by atoms with Gasteiger partial charge in [-0.1, -0.05) is 119 Å². The van der Waals surface area contributed by atoms with Crippen LogP contribution >= 0.6 is 0 Å². The fraction of sp³-hybridized carbons (Fsp3) is 0.429. The number of rotatable bonds is 10. The van der Waals surface area contributed by atoms with Crippen LogP contribution in [0.15, 0.2) is 84.0 Å². The van der Waals surface area contributed by atoms with Crippen LogP contribution in [0.25, 0.3) is 0 Å². The van der Waals surface area contributed by atoms with E-state index in [1.165, 1.54) is 21.5 Å². The molecule has 2 heteroatoms. The molecule has 0 bridgehead atoms. The summed E-state index contributed by atoms with van der Waals surface area (Å²) in [5.74, 6) is 0. The lowest BCUT2D eigenvalue weighted by atomic mass is 10.1. The van der Waals surface area contributed by atoms with Crippen LogP contribution in [0.2, 0.25) is 5.04 Å². The summed E-state index contributed by atoms with van der Waals surface area (Å²) in [5, 5.41) is 2.71. The molecule has 0 atom stereocenters. The van der Waals surface area contributed by atoms with Gasteiger partial charge in [0.25, 0.3) is 8.32 Å². The Hall–Kier alpha value is -1.90. The van der Waals surface area contributed by atoms with E-state index in [1.54, 1.807) is 0 Å². The number of hydrogen-bond donors (Lipinski definition) is 0. The monoisotopic (exact) mass is 420 g/mol. The van der Waals surface area contributed by atoms with Crippen LogP contribution in [0.4, 0.5) is 0 Å². The first kappa shape index (κ1) is 24.4. The molecular weight excluding hydrogens is 380 g/mol. The Kier molecular flexibility index (Phi) is 9.32. The highest BCUT2D eigenvalue weighted by Crippen LogP contribution is 2.36. The normalized spacial score (nSPS) is 13.5. The van der Waals surface area contributed by atoms with E-state index in [9.17, 15) is 0 Å². The molecule has 0 radical (unpaired) electrons. The van der Waals surface area contributed by atoms with Gasteiger partial charge in [0.15, 0.2) is 0 Å². The summed E-state index contributed by atoms with van der Waals surface area (Å²) >= 11 is 0. The maximum Gasteiger partial charge on any atom is 0.261 e. The van der Waals surface area contributed by atoms with Gasteiger partial charge in [0.05, 0.1) is 6.61 Å². The van der Waals surface area contributed by atoms with Crippen molar-refractivity contribution in [1.82, 2.24) is 0 Å². The van der Waals surface area contributed by atoms with E-state index in [-0.39, 0.29) is 5.04 Å². The molecule has 2 aromatic rings. The third-order valence-electron chi connectivity index (χ3n) is 6.06. The van der Waals surface area contributed by atoms with Crippen molar-refractivity contribution < 1.29 is 4.43 Å². The molecular formula is C28H40OSi. The van der Waals surface area contributed by atoms with E-state index in [1.807, 2.05) is 0 Å². The van der Waals surface area contributed by atoms with E-state index >= 15 is 0 Å². The molecule has 0 unspecified atom stereocenters. The molecule has 0 aliphatic carbocycles. The number of hydrogen-bond acceptors (Lipinski definition) is 1. The fourth-order valence-corrected chi connectivity index (χ4v) is 8.61. The zero-order chi connectivity index (χ0) is 22.0. The highest BCUT2D eigenvalue weighted by molar-refractivity contribution is 6.99. The summed E-state index contributed by atoms with van der Waals surface area (Å²) in [5.41, 5.74) is 2.97. The molecule has 2 rings (SSSR count). The van der Waals surface area contributed by atoms with Crippen LogP contribution in [0.3, 0.4) is 0 Å². The van der Waals surface area contributed by atoms with Crippen molar-refractivity contribution in [2.45, 2.75) is 72.3 Å². The molecule has 0 N–H and O–H groups in total. The van der Waals surface area contributed by atoms with Crippen LogP contribution in [0.5, 0.6) is 0 Å². The summed E-state index contributed by atoms with van der Waals surface area (Å²) in [7, 11) is -2.44. The van der Waals surface area contributed by atoms with Gasteiger partial charge in [0.1, 0.15) is 0 Å². The Labute approximate surface area is 186 Å². The molecule has 1 nitrogen and oxygen atoms in total. The predicted molar refractivity (Wildman–Crippen MR) is 135 cm³/mol. The van der Waals surface area contributed by atoms with Crippen molar-refractivity contribution in [3.8, 4) is 0 Å². The number of allylic oxidation sites excluding steroid dienone is 3. The molecule has 0 aliphatic heterocycles. The van der Waals surface area contributed by atoms with Gasteiger partial charge in [-0.25, -0.2) is 0 Å². The average molecular weight is 421 g/mol. The zero-order valence-corrected chi connectivity index (χ0v) is 20.9. The molecule has 0 fully saturated rings. The Bertz CT molecular complexity index is 773. The summed E-state index contributed by atoms with van der Waals surface area (Å²) < 4.78 is 6.99. The Morgan fingerprint density at radius 3 is 1.80 bits per heavy atom. The largest absolute Gasteiger partial charge is 0.404 e. The van der Waals surface area contributed by atoms with Crippen molar-refractivity contribution in [1.29, 1.82) is 0 Å². The fourth-order valence-electron chi connectivity index (χ4n) is 4.12. The number of benzene rings is 2. The predicted octanol–water partition coefficient (Wildman–Crippen LogP) is 7.04. The van der Waals surface area contributed by atoms with Crippen molar-refractivity contribution in [3.05, 3.63) is 84.0 Å². The molecule has 2 aromatic carbocycles. The average Bonchev–Trinajstić information content (AvgIpc) is 2.75. The molecule has 30 heavy (non-hydrogen) atoms. The van der Waals surface area contributed by atoms with E-state index in [2.05, 4.69) is 114 Å². The van der Waals surface area contributed by atoms with Gasteiger partial charge in [-0.15, -0.1) is 0 Å². The maximum absolute atomic E-state index is 6.99. The SMILES string of the molecule is CC/C(C)=C\CC/C(=C/CO[Si](c1ccccc1)(c1ccccc1)C(C)(C)C)CC. The zero-order valence-electron chi connectivity index (χ0n) is 19.9. The first-order valence-corrected chi connectivity index (χ1v) is 13.3. The van der Waals surface area contributed by atoms with Crippen molar-refractivity contribution in [2.24, 2.45) is 0 Å².